The highest BCUT2D eigenvalue weighted by atomic mass is 16.5. The molecule has 2 rings (SSSR count). The summed E-state index contributed by atoms with van der Waals surface area (Å²) in [4.78, 5) is 11.6. The van der Waals surface area contributed by atoms with Crippen LogP contribution in [0.5, 0.6) is 11.5 Å². The molecular weight excluding hydrogens is 316 g/mol. The highest BCUT2D eigenvalue weighted by molar-refractivity contribution is 5.87. The van der Waals surface area contributed by atoms with Gasteiger partial charge in [-0.2, -0.15) is 0 Å². The minimum atomic E-state index is -0.406. The minimum absolute atomic E-state index is 0.188. The molecule has 0 aliphatic heterocycles. The Labute approximate surface area is 148 Å². The van der Waals surface area contributed by atoms with Gasteiger partial charge in [0.2, 0.25) is 0 Å². The fourth-order valence-corrected chi connectivity index (χ4v) is 2.46. The van der Waals surface area contributed by atoms with Crippen molar-refractivity contribution in [1.29, 1.82) is 0 Å². The van der Waals surface area contributed by atoms with Crippen LogP contribution in [0.25, 0.3) is 6.08 Å². The van der Waals surface area contributed by atoms with Gasteiger partial charge in [0, 0.05) is 6.08 Å². The van der Waals surface area contributed by atoms with Crippen molar-refractivity contribution in [3.05, 3.63) is 65.7 Å². The summed E-state index contributed by atoms with van der Waals surface area (Å²) in [5, 5.41) is 18.6. The number of benzene rings is 2. The molecule has 0 radical (unpaired) electrons. The summed E-state index contributed by atoms with van der Waals surface area (Å²) in [5.41, 5.74) is 1.98. The molecule has 25 heavy (non-hydrogen) atoms. The standard InChI is InChI=1S/C21H24O4/c22-19-13-11-18(16-20(19)23)12-14-21(24)25-15-7-2-1-4-8-17-9-5-3-6-10-17/h3,5-6,9-14,16,22-23H,1-2,4,7-8,15H2/b14-12+. The molecule has 2 aromatic rings. The predicted octanol–water partition coefficient (Wildman–Crippen LogP) is 4.46. The van der Waals surface area contributed by atoms with Gasteiger partial charge in [0.05, 0.1) is 6.61 Å². The molecule has 2 aromatic carbocycles. The monoisotopic (exact) mass is 340 g/mol. The van der Waals surface area contributed by atoms with Gasteiger partial charge in [0.1, 0.15) is 0 Å². The number of rotatable bonds is 9. The van der Waals surface area contributed by atoms with E-state index in [0.717, 1.165) is 32.1 Å². The lowest BCUT2D eigenvalue weighted by Crippen LogP contribution is -2.02. The van der Waals surface area contributed by atoms with Gasteiger partial charge >= 0.3 is 5.97 Å². The first kappa shape index (κ1) is 18.6. The summed E-state index contributed by atoms with van der Waals surface area (Å²) < 4.78 is 5.14. The maximum Gasteiger partial charge on any atom is 0.330 e. The number of ether oxygens (including phenoxy) is 1. The minimum Gasteiger partial charge on any atom is -0.504 e. The first-order valence-electron chi connectivity index (χ1n) is 8.56. The van der Waals surface area contributed by atoms with Crippen molar-refractivity contribution in [3.63, 3.8) is 0 Å². The van der Waals surface area contributed by atoms with Crippen LogP contribution in [0.2, 0.25) is 0 Å². The Bertz CT molecular complexity index is 692. The summed E-state index contributed by atoms with van der Waals surface area (Å²) >= 11 is 0. The van der Waals surface area contributed by atoms with Gasteiger partial charge < -0.3 is 14.9 Å². The SMILES string of the molecule is O=C(/C=C/c1ccc(O)c(O)c1)OCCCCCCc1ccccc1. The van der Waals surface area contributed by atoms with Crippen LogP contribution in [0.1, 0.15) is 36.8 Å². The topological polar surface area (TPSA) is 66.8 Å². The Morgan fingerprint density at radius 3 is 2.44 bits per heavy atom. The molecule has 4 nitrogen and oxygen atoms in total. The molecule has 0 spiro atoms. The highest BCUT2D eigenvalue weighted by Crippen LogP contribution is 2.25. The summed E-state index contributed by atoms with van der Waals surface area (Å²) in [7, 11) is 0. The van der Waals surface area contributed by atoms with Gasteiger partial charge in [-0.05, 0) is 48.6 Å². The first-order chi connectivity index (χ1) is 12.1. The van der Waals surface area contributed by atoms with Gasteiger partial charge in [0.25, 0.3) is 0 Å². The smallest absolute Gasteiger partial charge is 0.330 e. The number of carbonyl (C=O) groups is 1. The van der Waals surface area contributed by atoms with Crippen LogP contribution in [0, 0.1) is 0 Å². The van der Waals surface area contributed by atoms with Crippen molar-refractivity contribution >= 4 is 12.0 Å². The van der Waals surface area contributed by atoms with Crippen molar-refractivity contribution in [2.45, 2.75) is 32.1 Å². The number of unbranched alkanes of at least 4 members (excludes halogenated alkanes) is 3. The highest BCUT2D eigenvalue weighted by Gasteiger charge is 2.00. The van der Waals surface area contributed by atoms with Crippen molar-refractivity contribution in [2.24, 2.45) is 0 Å². The van der Waals surface area contributed by atoms with E-state index in [1.54, 1.807) is 12.1 Å². The number of phenols is 2. The van der Waals surface area contributed by atoms with Crippen LogP contribution in [0.15, 0.2) is 54.6 Å². The Hall–Kier alpha value is -2.75. The predicted molar refractivity (Wildman–Crippen MR) is 98.4 cm³/mol. The average molecular weight is 340 g/mol. The van der Waals surface area contributed by atoms with E-state index in [9.17, 15) is 15.0 Å². The van der Waals surface area contributed by atoms with E-state index in [1.807, 2.05) is 6.07 Å². The average Bonchev–Trinajstić information content (AvgIpc) is 2.63. The molecule has 0 aromatic heterocycles. The lowest BCUT2D eigenvalue weighted by Gasteiger charge is -2.03. The van der Waals surface area contributed by atoms with E-state index in [0.29, 0.717) is 12.2 Å². The molecule has 0 atom stereocenters. The molecule has 2 N–H and O–H groups in total. The van der Waals surface area contributed by atoms with E-state index >= 15 is 0 Å². The van der Waals surface area contributed by atoms with Crippen molar-refractivity contribution in [2.75, 3.05) is 6.61 Å². The molecular formula is C21H24O4. The number of esters is 1. The van der Waals surface area contributed by atoms with Crippen LogP contribution < -0.4 is 0 Å². The Morgan fingerprint density at radius 2 is 1.68 bits per heavy atom. The number of hydrogen-bond acceptors (Lipinski definition) is 4. The van der Waals surface area contributed by atoms with Crippen LogP contribution in [0.4, 0.5) is 0 Å². The number of carbonyl (C=O) groups excluding carboxylic acids is 1. The number of hydrogen-bond donors (Lipinski definition) is 2. The van der Waals surface area contributed by atoms with E-state index < -0.39 is 5.97 Å². The molecule has 0 bridgehead atoms. The summed E-state index contributed by atoms with van der Waals surface area (Å²) in [5.74, 6) is -0.810. The number of aryl methyl sites for hydroxylation is 1. The van der Waals surface area contributed by atoms with Crippen molar-refractivity contribution in [1.82, 2.24) is 0 Å². The molecule has 0 aliphatic rings. The van der Waals surface area contributed by atoms with Crippen LogP contribution >= 0.6 is 0 Å². The lowest BCUT2D eigenvalue weighted by atomic mass is 10.1. The van der Waals surface area contributed by atoms with Gasteiger partial charge in [-0.3, -0.25) is 0 Å². The first-order valence-corrected chi connectivity index (χ1v) is 8.56. The molecule has 0 heterocycles. The third kappa shape index (κ3) is 7.12. The van der Waals surface area contributed by atoms with E-state index in [4.69, 9.17) is 4.74 Å². The summed E-state index contributed by atoms with van der Waals surface area (Å²) in [6, 6.07) is 14.8. The second kappa shape index (κ2) is 10.2. The second-order valence-electron chi connectivity index (χ2n) is 5.90. The van der Waals surface area contributed by atoms with Crippen LogP contribution in [0.3, 0.4) is 0 Å². The van der Waals surface area contributed by atoms with Gasteiger partial charge in [-0.15, -0.1) is 0 Å². The van der Waals surface area contributed by atoms with E-state index in [2.05, 4.69) is 24.3 Å². The maximum absolute atomic E-state index is 11.6. The fraction of sp³-hybridized carbons (Fsp3) is 0.286. The van der Waals surface area contributed by atoms with Gasteiger partial charge in [-0.1, -0.05) is 49.2 Å². The zero-order valence-corrected chi connectivity index (χ0v) is 14.2. The Morgan fingerprint density at radius 1 is 0.920 bits per heavy atom. The molecule has 0 fully saturated rings. The molecule has 0 saturated carbocycles. The molecule has 0 saturated heterocycles. The van der Waals surface area contributed by atoms with Crippen molar-refractivity contribution in [3.8, 4) is 11.5 Å². The van der Waals surface area contributed by atoms with E-state index in [1.165, 1.54) is 23.8 Å². The normalized spacial score (nSPS) is 10.9. The largest absolute Gasteiger partial charge is 0.504 e. The zero-order valence-electron chi connectivity index (χ0n) is 14.2. The van der Waals surface area contributed by atoms with Gasteiger partial charge in [-0.25, -0.2) is 4.79 Å². The van der Waals surface area contributed by atoms with Crippen molar-refractivity contribution < 1.29 is 19.7 Å². The maximum atomic E-state index is 11.6. The Kier molecular flexibility index (Phi) is 7.57. The third-order valence-corrected chi connectivity index (χ3v) is 3.86. The molecule has 132 valence electrons. The summed E-state index contributed by atoms with van der Waals surface area (Å²) in [6.07, 6.45) is 8.10. The number of phenolic OH excluding ortho intramolecular Hbond substituents is 2. The fourth-order valence-electron chi connectivity index (χ4n) is 2.46. The van der Waals surface area contributed by atoms with Crippen LogP contribution in [-0.4, -0.2) is 22.8 Å². The number of aromatic hydroxyl groups is 2. The molecule has 0 aliphatic carbocycles. The zero-order chi connectivity index (χ0) is 17.9. The molecule has 4 heteroatoms. The third-order valence-electron chi connectivity index (χ3n) is 3.86. The van der Waals surface area contributed by atoms with Crippen LogP contribution in [-0.2, 0) is 16.0 Å². The Balaban J connectivity index is 1.56. The quantitative estimate of drug-likeness (QED) is 0.306. The lowest BCUT2D eigenvalue weighted by molar-refractivity contribution is -0.137. The van der Waals surface area contributed by atoms with Gasteiger partial charge in [0.15, 0.2) is 11.5 Å². The second-order valence-corrected chi connectivity index (χ2v) is 5.90. The molecule has 0 amide bonds. The van der Waals surface area contributed by atoms with E-state index in [-0.39, 0.29) is 11.5 Å². The summed E-state index contributed by atoms with van der Waals surface area (Å²) in [6.45, 7) is 0.412. The molecule has 0 unspecified atom stereocenters.